The quantitative estimate of drug-likeness (QED) is 0.835. The van der Waals surface area contributed by atoms with E-state index in [2.05, 4.69) is 5.32 Å². The van der Waals surface area contributed by atoms with Crippen LogP contribution in [-0.4, -0.2) is 36.6 Å². The van der Waals surface area contributed by atoms with Gasteiger partial charge in [-0.25, -0.2) is 9.18 Å². The molecule has 138 valence electrons. The molecule has 1 atom stereocenters. The Morgan fingerprint density at radius 3 is 2.72 bits per heavy atom. The molecule has 1 aromatic carbocycles. The van der Waals surface area contributed by atoms with Crippen LogP contribution < -0.4 is 5.32 Å². The van der Waals surface area contributed by atoms with Crippen molar-refractivity contribution in [2.24, 2.45) is 5.92 Å². The predicted molar refractivity (Wildman–Crippen MR) is 81.4 cm³/mol. The fourth-order valence-electron chi connectivity index (χ4n) is 2.64. The molecule has 0 radical (unpaired) electrons. The lowest BCUT2D eigenvalue weighted by Crippen LogP contribution is -2.44. The number of amides is 2. The maximum atomic E-state index is 13.3. The van der Waals surface area contributed by atoms with E-state index in [1.165, 1.54) is 4.90 Å². The van der Waals surface area contributed by atoms with Crippen molar-refractivity contribution < 1.29 is 31.9 Å². The molecule has 1 aliphatic rings. The van der Waals surface area contributed by atoms with Gasteiger partial charge in [-0.2, -0.15) is 13.2 Å². The summed E-state index contributed by atoms with van der Waals surface area (Å²) in [6, 6.07) is 2.28. The molecule has 2 rings (SSSR count). The minimum Gasteiger partial charge on any atom is -0.450 e. The minimum atomic E-state index is -4.85. The molecule has 0 bridgehead atoms. The molecule has 1 fully saturated rings. The van der Waals surface area contributed by atoms with Gasteiger partial charge < -0.3 is 15.0 Å². The zero-order chi connectivity index (χ0) is 18.6. The second-order valence-electron chi connectivity index (χ2n) is 5.67. The summed E-state index contributed by atoms with van der Waals surface area (Å²) in [5.74, 6) is -2.50. The van der Waals surface area contributed by atoms with Crippen LogP contribution in [0.4, 0.5) is 28.0 Å². The third-order valence-corrected chi connectivity index (χ3v) is 3.86. The molecule has 25 heavy (non-hydrogen) atoms. The Kier molecular flexibility index (Phi) is 5.86. The first-order valence-corrected chi connectivity index (χ1v) is 7.81. The van der Waals surface area contributed by atoms with Crippen molar-refractivity contribution in [3.05, 3.63) is 29.6 Å². The molecule has 1 N–H and O–H groups in total. The van der Waals surface area contributed by atoms with Crippen molar-refractivity contribution in [2.45, 2.75) is 25.9 Å². The summed E-state index contributed by atoms with van der Waals surface area (Å²) in [6.07, 6.45) is -4.30. The van der Waals surface area contributed by atoms with E-state index in [4.69, 9.17) is 4.74 Å². The lowest BCUT2D eigenvalue weighted by Gasteiger charge is -2.31. The molecule has 2 amide bonds. The number of alkyl halides is 3. The van der Waals surface area contributed by atoms with Gasteiger partial charge in [-0.05, 0) is 38.0 Å². The van der Waals surface area contributed by atoms with E-state index in [0.29, 0.717) is 31.5 Å². The standard InChI is InChI=1S/C16H18F4N2O3/c1-2-25-15(24)22-7-3-4-10(9-22)14(23)21-11-5-6-13(17)12(8-11)16(18,19)20/h5-6,8,10H,2-4,7,9H2,1H3,(H,21,23). The maximum Gasteiger partial charge on any atom is 0.419 e. The third kappa shape index (κ3) is 4.83. The van der Waals surface area contributed by atoms with E-state index < -0.39 is 35.5 Å². The van der Waals surface area contributed by atoms with Crippen LogP contribution >= 0.6 is 0 Å². The first kappa shape index (κ1) is 19.0. The van der Waals surface area contributed by atoms with Crippen LogP contribution in [0, 0.1) is 11.7 Å². The van der Waals surface area contributed by atoms with Crippen molar-refractivity contribution in [3.8, 4) is 0 Å². The minimum absolute atomic E-state index is 0.123. The highest BCUT2D eigenvalue weighted by atomic mass is 19.4. The Balaban J connectivity index is 2.05. The zero-order valence-corrected chi connectivity index (χ0v) is 13.5. The average molecular weight is 362 g/mol. The number of ether oxygens (including phenoxy) is 1. The van der Waals surface area contributed by atoms with Gasteiger partial charge in [0.2, 0.25) is 5.91 Å². The molecule has 0 aromatic heterocycles. The highest BCUT2D eigenvalue weighted by molar-refractivity contribution is 5.93. The number of piperidine rings is 1. The van der Waals surface area contributed by atoms with E-state index in [0.717, 1.165) is 6.07 Å². The Hall–Kier alpha value is -2.32. The third-order valence-electron chi connectivity index (χ3n) is 3.86. The van der Waals surface area contributed by atoms with Gasteiger partial charge in [-0.1, -0.05) is 0 Å². The lowest BCUT2D eigenvalue weighted by molar-refractivity contribution is -0.140. The van der Waals surface area contributed by atoms with E-state index in [1.807, 2.05) is 0 Å². The van der Waals surface area contributed by atoms with Crippen LogP contribution in [0.3, 0.4) is 0 Å². The largest absolute Gasteiger partial charge is 0.450 e. The molecule has 1 aliphatic heterocycles. The van der Waals surface area contributed by atoms with Crippen molar-refractivity contribution in [1.29, 1.82) is 0 Å². The number of nitrogens with one attached hydrogen (secondary N) is 1. The summed E-state index contributed by atoms with van der Waals surface area (Å²) in [4.78, 5) is 25.4. The molecular weight excluding hydrogens is 344 g/mol. The number of likely N-dealkylation sites (tertiary alicyclic amines) is 1. The van der Waals surface area contributed by atoms with Crippen molar-refractivity contribution in [3.63, 3.8) is 0 Å². The topological polar surface area (TPSA) is 58.6 Å². The molecule has 1 unspecified atom stereocenters. The van der Waals surface area contributed by atoms with E-state index in [9.17, 15) is 27.2 Å². The van der Waals surface area contributed by atoms with E-state index >= 15 is 0 Å². The first-order valence-electron chi connectivity index (χ1n) is 7.81. The van der Waals surface area contributed by atoms with Crippen LogP contribution in [0.25, 0.3) is 0 Å². The van der Waals surface area contributed by atoms with Crippen molar-refractivity contribution >= 4 is 17.7 Å². The number of carbonyl (C=O) groups excluding carboxylic acids is 2. The van der Waals surface area contributed by atoms with Gasteiger partial charge in [0.15, 0.2) is 0 Å². The van der Waals surface area contributed by atoms with Crippen LogP contribution in [0.5, 0.6) is 0 Å². The fraction of sp³-hybridized carbons (Fsp3) is 0.500. The Bertz CT molecular complexity index is 649. The number of anilines is 1. The number of halogens is 4. The van der Waals surface area contributed by atoms with Crippen LogP contribution in [-0.2, 0) is 15.7 Å². The Morgan fingerprint density at radius 2 is 2.08 bits per heavy atom. The van der Waals surface area contributed by atoms with Gasteiger partial charge >= 0.3 is 12.3 Å². The number of rotatable bonds is 3. The normalized spacial score (nSPS) is 18.0. The van der Waals surface area contributed by atoms with Crippen molar-refractivity contribution in [2.75, 3.05) is 25.0 Å². The predicted octanol–water partition coefficient (Wildman–Crippen LogP) is 3.65. The second-order valence-corrected chi connectivity index (χ2v) is 5.67. The summed E-state index contributed by atoms with van der Waals surface area (Å²) >= 11 is 0. The summed E-state index contributed by atoms with van der Waals surface area (Å²) in [5.41, 5.74) is -1.59. The Labute approximate surface area is 141 Å². The summed E-state index contributed by atoms with van der Waals surface area (Å²) in [6.45, 7) is 2.45. The van der Waals surface area contributed by atoms with Crippen molar-refractivity contribution in [1.82, 2.24) is 4.90 Å². The molecule has 9 heteroatoms. The number of benzene rings is 1. The number of carbonyl (C=O) groups is 2. The molecule has 0 aliphatic carbocycles. The smallest absolute Gasteiger partial charge is 0.419 e. The average Bonchev–Trinajstić information content (AvgIpc) is 2.56. The molecule has 0 spiro atoms. The van der Waals surface area contributed by atoms with Crippen LogP contribution in [0.15, 0.2) is 18.2 Å². The summed E-state index contributed by atoms with van der Waals surface area (Å²) < 4.78 is 56.3. The van der Waals surface area contributed by atoms with Gasteiger partial charge in [-0.15, -0.1) is 0 Å². The monoisotopic (exact) mass is 362 g/mol. The molecular formula is C16H18F4N2O3. The molecule has 5 nitrogen and oxygen atoms in total. The highest BCUT2D eigenvalue weighted by Gasteiger charge is 2.35. The number of nitrogens with zero attached hydrogens (tertiary/aromatic N) is 1. The molecule has 1 heterocycles. The van der Waals surface area contributed by atoms with Crippen LogP contribution in [0.2, 0.25) is 0 Å². The first-order chi connectivity index (χ1) is 11.7. The Morgan fingerprint density at radius 1 is 1.36 bits per heavy atom. The second kappa shape index (κ2) is 7.71. The zero-order valence-electron chi connectivity index (χ0n) is 13.5. The van der Waals surface area contributed by atoms with Gasteiger partial charge in [0.25, 0.3) is 0 Å². The van der Waals surface area contributed by atoms with E-state index in [1.54, 1.807) is 6.92 Å². The van der Waals surface area contributed by atoms with Crippen LogP contribution in [0.1, 0.15) is 25.3 Å². The number of hydrogen-bond acceptors (Lipinski definition) is 3. The summed E-state index contributed by atoms with van der Waals surface area (Å²) in [7, 11) is 0. The van der Waals surface area contributed by atoms with Gasteiger partial charge in [0.05, 0.1) is 18.1 Å². The summed E-state index contributed by atoms with van der Waals surface area (Å²) in [5, 5.41) is 2.36. The highest BCUT2D eigenvalue weighted by Crippen LogP contribution is 2.33. The lowest BCUT2D eigenvalue weighted by atomic mass is 9.97. The maximum absolute atomic E-state index is 13.3. The SMILES string of the molecule is CCOC(=O)N1CCCC(C(=O)Nc2ccc(F)c(C(F)(F)F)c2)C1. The van der Waals surface area contributed by atoms with Gasteiger partial charge in [-0.3, -0.25) is 4.79 Å². The fourth-order valence-corrected chi connectivity index (χ4v) is 2.64. The van der Waals surface area contributed by atoms with E-state index in [-0.39, 0.29) is 18.8 Å². The molecule has 0 saturated carbocycles. The molecule has 1 aromatic rings. The van der Waals surface area contributed by atoms with Gasteiger partial charge in [0, 0.05) is 18.8 Å². The number of hydrogen-bond donors (Lipinski definition) is 1. The molecule has 1 saturated heterocycles. The van der Waals surface area contributed by atoms with Gasteiger partial charge in [0.1, 0.15) is 5.82 Å².